The molecule has 1 aromatic carbocycles. The van der Waals surface area contributed by atoms with E-state index in [2.05, 4.69) is 24.8 Å². The van der Waals surface area contributed by atoms with Crippen LogP contribution in [-0.4, -0.2) is 47.5 Å². The second kappa shape index (κ2) is 7.41. The van der Waals surface area contributed by atoms with Gasteiger partial charge in [-0.25, -0.2) is 9.64 Å². The first-order chi connectivity index (χ1) is 13.9. The van der Waals surface area contributed by atoms with Crippen molar-refractivity contribution >= 4 is 18.0 Å². The van der Waals surface area contributed by atoms with Crippen LogP contribution in [0.3, 0.4) is 0 Å². The van der Waals surface area contributed by atoms with Crippen LogP contribution in [0.4, 0.5) is 20.4 Å². The fourth-order valence-corrected chi connectivity index (χ4v) is 2.87. The van der Waals surface area contributed by atoms with Gasteiger partial charge < -0.3 is 24.7 Å². The van der Waals surface area contributed by atoms with Crippen LogP contribution in [0.15, 0.2) is 36.5 Å². The van der Waals surface area contributed by atoms with Gasteiger partial charge in [-0.2, -0.15) is 9.97 Å². The Morgan fingerprint density at radius 3 is 2.90 bits per heavy atom. The summed E-state index contributed by atoms with van der Waals surface area (Å²) in [6, 6.07) is 6.49. The third kappa shape index (κ3) is 4.28. The summed E-state index contributed by atoms with van der Waals surface area (Å²) in [7, 11) is 1.45. The molecule has 4 rings (SSSR count). The Morgan fingerprint density at radius 1 is 1.28 bits per heavy atom. The Hall–Kier alpha value is -3.63. The number of aromatic nitrogens is 2. The number of halogens is 2. The van der Waals surface area contributed by atoms with Gasteiger partial charge in [-0.1, -0.05) is 6.07 Å². The molecule has 0 atom stereocenters. The van der Waals surface area contributed by atoms with Crippen LogP contribution >= 0.6 is 0 Å². The summed E-state index contributed by atoms with van der Waals surface area (Å²) in [5, 5.41) is 14.7. The zero-order valence-corrected chi connectivity index (χ0v) is 15.3. The maximum absolute atomic E-state index is 13.1. The van der Waals surface area contributed by atoms with Crippen molar-refractivity contribution in [1.82, 2.24) is 9.97 Å². The van der Waals surface area contributed by atoms with E-state index in [4.69, 9.17) is 4.74 Å². The highest BCUT2D eigenvalue weighted by molar-refractivity contribution is 5.76. The Balaban J connectivity index is 1.42. The molecular weight excluding hydrogens is 388 g/mol. The van der Waals surface area contributed by atoms with E-state index >= 15 is 0 Å². The van der Waals surface area contributed by atoms with Crippen LogP contribution in [-0.2, 0) is 6.42 Å². The standard InChI is InChI=1S/C18H17F2N5O4/c1-27-17-22-15(10-16(23-17)24-7-2-8-25(26)11-24)21-6-5-12-3-4-13-14(9-12)29-18(19,20)28-13/h2-4,8-11H,5-7H2,1H3,(H,21,22,23). The number of nitrogens with zero attached hydrogens (tertiary/aromatic N) is 4. The maximum Gasteiger partial charge on any atom is 0.586 e. The Labute approximate surface area is 164 Å². The molecule has 152 valence electrons. The van der Waals surface area contributed by atoms with E-state index in [1.807, 2.05) is 0 Å². The van der Waals surface area contributed by atoms with Gasteiger partial charge in [-0.15, -0.1) is 8.78 Å². The van der Waals surface area contributed by atoms with E-state index in [9.17, 15) is 14.0 Å². The number of hydroxylamine groups is 1. The third-order valence-electron chi connectivity index (χ3n) is 4.16. The average Bonchev–Trinajstić information content (AvgIpc) is 3.01. The predicted molar refractivity (Wildman–Crippen MR) is 99.6 cm³/mol. The number of ether oxygens (including phenoxy) is 3. The number of methoxy groups -OCH3 is 1. The molecule has 0 amide bonds. The van der Waals surface area contributed by atoms with E-state index < -0.39 is 6.29 Å². The molecule has 0 aliphatic carbocycles. The fourth-order valence-electron chi connectivity index (χ4n) is 2.87. The van der Waals surface area contributed by atoms with Gasteiger partial charge in [0.1, 0.15) is 12.4 Å². The molecule has 0 spiro atoms. The van der Waals surface area contributed by atoms with Crippen LogP contribution in [0.2, 0.25) is 0 Å². The average molecular weight is 405 g/mol. The van der Waals surface area contributed by atoms with Gasteiger partial charge in [0.05, 0.1) is 13.3 Å². The highest BCUT2D eigenvalue weighted by Gasteiger charge is 2.43. The molecule has 0 saturated carbocycles. The summed E-state index contributed by atoms with van der Waals surface area (Å²) in [5.74, 6) is 1.01. The van der Waals surface area contributed by atoms with E-state index in [1.165, 1.54) is 31.8 Å². The minimum Gasteiger partial charge on any atom is -0.711 e. The predicted octanol–water partition coefficient (Wildman–Crippen LogP) is 2.33. The second-order valence-corrected chi connectivity index (χ2v) is 6.24. The molecule has 1 N–H and O–H groups in total. The normalized spacial score (nSPS) is 16.5. The topological polar surface area (TPSA) is 94.8 Å². The van der Waals surface area contributed by atoms with Gasteiger partial charge in [0.2, 0.25) is 12.2 Å². The summed E-state index contributed by atoms with van der Waals surface area (Å²) in [6.45, 7) is 0.952. The van der Waals surface area contributed by atoms with Crippen molar-refractivity contribution in [3.8, 4) is 17.5 Å². The van der Waals surface area contributed by atoms with Crippen LogP contribution in [0.1, 0.15) is 5.56 Å². The monoisotopic (exact) mass is 405 g/mol. The van der Waals surface area contributed by atoms with Gasteiger partial charge in [0.15, 0.2) is 11.5 Å². The summed E-state index contributed by atoms with van der Waals surface area (Å²) < 4.78 is 40.9. The van der Waals surface area contributed by atoms with Crippen molar-refractivity contribution in [2.45, 2.75) is 12.7 Å². The molecule has 0 unspecified atom stereocenters. The van der Waals surface area contributed by atoms with Crippen LogP contribution < -0.4 is 24.4 Å². The zero-order chi connectivity index (χ0) is 20.4. The fraction of sp³-hybridized carbons (Fsp3) is 0.278. The lowest BCUT2D eigenvalue weighted by atomic mass is 10.1. The lowest BCUT2D eigenvalue weighted by molar-refractivity contribution is -0.375. The lowest BCUT2D eigenvalue weighted by Crippen LogP contribution is -2.29. The molecule has 9 nitrogen and oxygen atoms in total. The van der Waals surface area contributed by atoms with Crippen molar-refractivity contribution in [1.29, 1.82) is 0 Å². The number of hydrogen-bond acceptors (Lipinski definition) is 8. The van der Waals surface area contributed by atoms with E-state index in [0.717, 1.165) is 5.56 Å². The van der Waals surface area contributed by atoms with Crippen molar-refractivity contribution in [2.75, 3.05) is 30.4 Å². The first kappa shape index (κ1) is 18.7. The quantitative estimate of drug-likeness (QED) is 0.578. The number of rotatable bonds is 6. The molecule has 0 bridgehead atoms. The first-order valence-electron chi connectivity index (χ1n) is 8.71. The van der Waals surface area contributed by atoms with Gasteiger partial charge in [-0.05, 0) is 30.2 Å². The molecule has 0 saturated heterocycles. The van der Waals surface area contributed by atoms with Crippen LogP contribution in [0.25, 0.3) is 0 Å². The number of hydrogen-bond donors (Lipinski definition) is 1. The molecule has 11 heteroatoms. The zero-order valence-electron chi connectivity index (χ0n) is 15.3. The molecule has 2 aliphatic heterocycles. The maximum atomic E-state index is 13.1. The molecule has 2 aromatic rings. The Kier molecular flexibility index (Phi) is 4.79. The second-order valence-electron chi connectivity index (χ2n) is 6.24. The van der Waals surface area contributed by atoms with Crippen molar-refractivity contribution in [3.05, 3.63) is 47.3 Å². The summed E-state index contributed by atoms with van der Waals surface area (Å²) in [6.07, 6.45) is 1.38. The van der Waals surface area contributed by atoms with Crippen molar-refractivity contribution in [3.63, 3.8) is 0 Å². The van der Waals surface area contributed by atoms with E-state index in [-0.39, 0.29) is 17.5 Å². The summed E-state index contributed by atoms with van der Waals surface area (Å²) in [5.41, 5.74) is 0.787. The molecule has 29 heavy (non-hydrogen) atoms. The SMILES string of the molecule is COc1nc(NCCc2ccc3c(c2)OC(F)(F)O3)cc(N2C=[N+]([O-])C=CC2)n1. The number of benzene rings is 1. The summed E-state index contributed by atoms with van der Waals surface area (Å²) >= 11 is 0. The largest absolute Gasteiger partial charge is 0.711 e. The molecule has 1 aromatic heterocycles. The Morgan fingerprint density at radius 2 is 2.10 bits per heavy atom. The molecule has 3 heterocycles. The van der Waals surface area contributed by atoms with Gasteiger partial charge in [0.25, 0.3) is 0 Å². The smallest absolute Gasteiger partial charge is 0.586 e. The molecule has 0 radical (unpaired) electrons. The number of fused-ring (bicyclic) bond motifs is 1. The molecule has 0 fully saturated rings. The van der Waals surface area contributed by atoms with E-state index in [1.54, 1.807) is 23.1 Å². The van der Waals surface area contributed by atoms with Gasteiger partial charge in [-0.3, -0.25) is 0 Å². The number of nitrogens with one attached hydrogen (secondary N) is 1. The lowest BCUT2D eigenvalue weighted by Gasteiger charge is -2.17. The van der Waals surface area contributed by atoms with Crippen LogP contribution in [0, 0.1) is 5.21 Å². The van der Waals surface area contributed by atoms with E-state index in [0.29, 0.717) is 35.9 Å². The van der Waals surface area contributed by atoms with Gasteiger partial charge >= 0.3 is 12.3 Å². The highest BCUT2D eigenvalue weighted by Crippen LogP contribution is 2.41. The van der Waals surface area contributed by atoms with Gasteiger partial charge in [0, 0.05) is 12.6 Å². The molecule has 2 aliphatic rings. The number of alkyl halides is 2. The van der Waals surface area contributed by atoms with Crippen LogP contribution in [0.5, 0.6) is 17.5 Å². The van der Waals surface area contributed by atoms with Crippen molar-refractivity contribution < 1.29 is 27.7 Å². The Bertz CT molecular complexity index is 983. The minimum absolute atomic E-state index is 0.00866. The summed E-state index contributed by atoms with van der Waals surface area (Å²) in [4.78, 5) is 10.1. The highest BCUT2D eigenvalue weighted by atomic mass is 19.3. The van der Waals surface area contributed by atoms with Crippen molar-refractivity contribution in [2.24, 2.45) is 0 Å². The minimum atomic E-state index is -3.63. The first-order valence-corrected chi connectivity index (χ1v) is 8.71. The third-order valence-corrected chi connectivity index (χ3v) is 4.16. The number of anilines is 2. The molecular formula is C18H17F2N5O4.